The van der Waals surface area contributed by atoms with Crippen LogP contribution in [0, 0.1) is 11.8 Å². The lowest BCUT2D eigenvalue weighted by Gasteiger charge is -2.49. The zero-order valence-electron chi connectivity index (χ0n) is 19.9. The highest BCUT2D eigenvalue weighted by molar-refractivity contribution is 5.54. The van der Waals surface area contributed by atoms with Crippen molar-refractivity contribution < 1.29 is 20.1 Å². The number of benzene rings is 1. The number of phenolic OH excluding ortho intramolecular Hbond substituents is 1. The Labute approximate surface area is 188 Å². The Balaban J connectivity index is 1.98. The molecular formula is C27H42O4. The number of ether oxygens (including phenoxy) is 1. The molecule has 1 aliphatic carbocycles. The van der Waals surface area contributed by atoms with Gasteiger partial charge in [-0.3, -0.25) is 0 Å². The van der Waals surface area contributed by atoms with Gasteiger partial charge in [0.05, 0.1) is 6.61 Å². The van der Waals surface area contributed by atoms with E-state index in [4.69, 9.17) is 4.74 Å². The number of aliphatic hydroxyl groups excluding tert-OH is 2. The van der Waals surface area contributed by atoms with Gasteiger partial charge in [0.2, 0.25) is 0 Å². The van der Waals surface area contributed by atoms with Crippen molar-refractivity contribution in [2.75, 3.05) is 13.2 Å². The van der Waals surface area contributed by atoms with Crippen molar-refractivity contribution in [2.45, 2.75) is 96.0 Å². The number of rotatable bonds is 9. The second-order valence-electron chi connectivity index (χ2n) is 10.5. The van der Waals surface area contributed by atoms with Crippen LogP contribution in [0.2, 0.25) is 0 Å². The molecule has 1 heterocycles. The van der Waals surface area contributed by atoms with Crippen molar-refractivity contribution in [3.63, 3.8) is 0 Å². The zero-order valence-corrected chi connectivity index (χ0v) is 19.9. The summed E-state index contributed by atoms with van der Waals surface area (Å²) in [4.78, 5) is 0. The van der Waals surface area contributed by atoms with Crippen LogP contribution in [-0.4, -0.2) is 34.1 Å². The first-order valence-corrected chi connectivity index (χ1v) is 12.2. The van der Waals surface area contributed by atoms with E-state index in [0.29, 0.717) is 5.75 Å². The normalized spacial score (nSPS) is 28.3. The minimum absolute atomic E-state index is 0.0153. The minimum Gasteiger partial charge on any atom is -0.508 e. The van der Waals surface area contributed by atoms with E-state index in [1.54, 1.807) is 6.08 Å². The van der Waals surface area contributed by atoms with Crippen LogP contribution in [0.15, 0.2) is 24.3 Å². The molecule has 0 spiro atoms. The maximum Gasteiger partial charge on any atom is 0.128 e. The van der Waals surface area contributed by atoms with E-state index in [2.05, 4.69) is 33.8 Å². The molecule has 1 saturated carbocycles. The smallest absolute Gasteiger partial charge is 0.128 e. The van der Waals surface area contributed by atoms with Crippen molar-refractivity contribution >= 4 is 0 Å². The van der Waals surface area contributed by atoms with Crippen molar-refractivity contribution in [3.8, 4) is 11.5 Å². The van der Waals surface area contributed by atoms with Gasteiger partial charge in [-0.15, -0.1) is 0 Å². The molecule has 2 aliphatic rings. The quantitative estimate of drug-likeness (QED) is 0.340. The molecule has 0 bridgehead atoms. The molecule has 1 fully saturated rings. The van der Waals surface area contributed by atoms with Gasteiger partial charge in [-0.25, -0.2) is 0 Å². The first-order valence-electron chi connectivity index (χ1n) is 12.2. The first kappa shape index (κ1) is 24.1. The second kappa shape index (κ2) is 9.95. The van der Waals surface area contributed by atoms with Gasteiger partial charge >= 0.3 is 0 Å². The van der Waals surface area contributed by atoms with E-state index in [-0.39, 0.29) is 36.4 Å². The molecule has 1 aromatic carbocycles. The summed E-state index contributed by atoms with van der Waals surface area (Å²) in [7, 11) is 0. The van der Waals surface area contributed by atoms with Crippen molar-refractivity contribution in [3.05, 3.63) is 35.4 Å². The van der Waals surface area contributed by atoms with Crippen LogP contribution in [-0.2, 0) is 5.41 Å². The summed E-state index contributed by atoms with van der Waals surface area (Å²) in [5.41, 5.74) is 1.44. The summed E-state index contributed by atoms with van der Waals surface area (Å²) >= 11 is 0. The summed E-state index contributed by atoms with van der Waals surface area (Å²) in [6.45, 7) is 8.99. The third-order valence-electron chi connectivity index (χ3n) is 7.77. The fraction of sp³-hybridized carbons (Fsp3) is 0.704. The standard InChI is InChI=1S/C27H42O4/c1-5-6-7-8-12-26(2,3)20-16-23(30)25-21-15-19(18-29)10-11-22(21)27(4,13-9-14-28)31-24(25)17-20/h9,13,16-17,19,21-22,28-30H,5-8,10-12,14-15,18H2,1-4H3/b13-9+/t19-,21-,22-,27+/m1/s1. The number of aromatic hydroxyl groups is 1. The third-order valence-corrected chi connectivity index (χ3v) is 7.77. The molecule has 1 aromatic rings. The molecule has 0 amide bonds. The fourth-order valence-corrected chi connectivity index (χ4v) is 5.78. The Morgan fingerprint density at radius 3 is 2.61 bits per heavy atom. The Morgan fingerprint density at radius 2 is 1.94 bits per heavy atom. The predicted octanol–water partition coefficient (Wildman–Crippen LogP) is 5.83. The highest BCUT2D eigenvalue weighted by Gasteiger charge is 2.49. The molecule has 31 heavy (non-hydrogen) atoms. The van der Waals surface area contributed by atoms with Gasteiger partial charge in [0.25, 0.3) is 0 Å². The largest absolute Gasteiger partial charge is 0.508 e. The monoisotopic (exact) mass is 430 g/mol. The Morgan fingerprint density at radius 1 is 1.16 bits per heavy atom. The van der Waals surface area contributed by atoms with E-state index < -0.39 is 5.60 Å². The maximum atomic E-state index is 11.2. The van der Waals surface area contributed by atoms with Gasteiger partial charge in [-0.2, -0.15) is 0 Å². The zero-order chi connectivity index (χ0) is 22.6. The van der Waals surface area contributed by atoms with E-state index >= 15 is 0 Å². The Kier molecular flexibility index (Phi) is 7.75. The highest BCUT2D eigenvalue weighted by Crippen LogP contribution is 2.56. The molecule has 4 nitrogen and oxygen atoms in total. The summed E-state index contributed by atoms with van der Waals surface area (Å²) in [5.74, 6) is 1.71. The van der Waals surface area contributed by atoms with E-state index in [1.165, 1.54) is 25.7 Å². The van der Waals surface area contributed by atoms with Crippen LogP contribution in [0.4, 0.5) is 0 Å². The van der Waals surface area contributed by atoms with Crippen molar-refractivity contribution in [1.82, 2.24) is 0 Å². The average molecular weight is 431 g/mol. The molecule has 0 radical (unpaired) electrons. The maximum absolute atomic E-state index is 11.2. The van der Waals surface area contributed by atoms with Gasteiger partial charge in [0, 0.05) is 18.1 Å². The fourth-order valence-electron chi connectivity index (χ4n) is 5.78. The molecule has 0 saturated heterocycles. The average Bonchev–Trinajstić information content (AvgIpc) is 2.74. The van der Waals surface area contributed by atoms with Gasteiger partial charge in [-0.05, 0) is 73.6 Å². The number of hydrogen-bond donors (Lipinski definition) is 3. The van der Waals surface area contributed by atoms with Crippen molar-refractivity contribution in [1.29, 1.82) is 0 Å². The van der Waals surface area contributed by atoms with Crippen LogP contribution < -0.4 is 4.74 Å². The lowest BCUT2D eigenvalue weighted by atomic mass is 9.63. The molecule has 4 heteroatoms. The molecule has 4 atom stereocenters. The van der Waals surface area contributed by atoms with Gasteiger partial charge in [0.15, 0.2) is 0 Å². The Bertz CT molecular complexity index is 769. The van der Waals surface area contributed by atoms with Gasteiger partial charge < -0.3 is 20.1 Å². The molecule has 1 aliphatic heterocycles. The SMILES string of the molecule is CCCCCCC(C)(C)c1cc(O)c2c(c1)O[C@@](C)(/C=C/CO)[C@@H]1CC[C@@H](CO)C[C@@H]21. The van der Waals surface area contributed by atoms with Crippen LogP contribution >= 0.6 is 0 Å². The first-order chi connectivity index (χ1) is 14.8. The van der Waals surface area contributed by atoms with Crippen molar-refractivity contribution in [2.24, 2.45) is 11.8 Å². The highest BCUT2D eigenvalue weighted by atomic mass is 16.5. The number of aliphatic hydroxyl groups is 2. The van der Waals surface area contributed by atoms with E-state index in [9.17, 15) is 15.3 Å². The lowest BCUT2D eigenvalue weighted by molar-refractivity contribution is -0.000440. The minimum atomic E-state index is -0.531. The third kappa shape index (κ3) is 5.12. The van der Waals surface area contributed by atoms with E-state index in [0.717, 1.165) is 42.6 Å². The summed E-state index contributed by atoms with van der Waals surface area (Å²) < 4.78 is 6.60. The van der Waals surface area contributed by atoms with E-state index in [1.807, 2.05) is 12.1 Å². The van der Waals surface area contributed by atoms with Crippen LogP contribution in [0.5, 0.6) is 11.5 Å². The molecule has 0 aromatic heterocycles. The van der Waals surface area contributed by atoms with Gasteiger partial charge in [0.1, 0.15) is 17.1 Å². The number of phenols is 1. The Hall–Kier alpha value is -1.52. The second-order valence-corrected chi connectivity index (χ2v) is 10.5. The summed E-state index contributed by atoms with van der Waals surface area (Å²) in [6, 6.07) is 4.09. The molecule has 174 valence electrons. The van der Waals surface area contributed by atoms with Crippen LogP contribution in [0.25, 0.3) is 0 Å². The van der Waals surface area contributed by atoms with Crippen LogP contribution in [0.3, 0.4) is 0 Å². The molecule has 3 N–H and O–H groups in total. The summed E-state index contributed by atoms with van der Waals surface area (Å²) in [6.07, 6.45) is 12.5. The predicted molar refractivity (Wildman–Crippen MR) is 126 cm³/mol. The lowest BCUT2D eigenvalue weighted by Crippen LogP contribution is -2.48. The summed E-state index contributed by atoms with van der Waals surface area (Å²) in [5, 5.41) is 30.3. The number of fused-ring (bicyclic) bond motifs is 3. The number of unbranched alkanes of at least 4 members (excludes halogenated alkanes) is 3. The molecular weight excluding hydrogens is 388 g/mol. The topological polar surface area (TPSA) is 69.9 Å². The van der Waals surface area contributed by atoms with Gasteiger partial charge in [-0.1, -0.05) is 52.5 Å². The molecule has 3 rings (SSSR count). The molecule has 0 unspecified atom stereocenters. The number of hydrogen-bond acceptors (Lipinski definition) is 4. The van der Waals surface area contributed by atoms with Crippen LogP contribution in [0.1, 0.15) is 96.1 Å².